The number of halogens is 1. The maximum atomic E-state index is 14.1. The first-order valence-electron chi connectivity index (χ1n) is 8.87. The molecule has 9 nitrogen and oxygen atoms in total. The van der Waals surface area contributed by atoms with Crippen molar-refractivity contribution in [3.63, 3.8) is 0 Å². The minimum absolute atomic E-state index is 0.122. The zero-order chi connectivity index (χ0) is 18.0. The van der Waals surface area contributed by atoms with Gasteiger partial charge in [0, 0.05) is 12.2 Å². The lowest BCUT2D eigenvalue weighted by molar-refractivity contribution is 0.0835. The van der Waals surface area contributed by atoms with Crippen molar-refractivity contribution in [3.8, 4) is 0 Å². The maximum Gasteiger partial charge on any atom is 0.290 e. The highest BCUT2D eigenvalue weighted by Crippen LogP contribution is 2.46. The van der Waals surface area contributed by atoms with Crippen LogP contribution in [0.15, 0.2) is 45.8 Å². The summed E-state index contributed by atoms with van der Waals surface area (Å²) in [7, 11) is 0. The summed E-state index contributed by atoms with van der Waals surface area (Å²) in [6.07, 6.45) is 4.48. The number of benzene rings is 1. The molecule has 0 spiro atoms. The topological polar surface area (TPSA) is 73.5 Å². The normalized spacial score (nSPS) is 25.7. The molecule has 0 amide bonds. The molecule has 0 N–H and O–H groups in total. The first kappa shape index (κ1) is 15.0. The average molecular weight is 369 g/mol. The first-order valence-corrected chi connectivity index (χ1v) is 8.87. The van der Waals surface area contributed by atoms with Crippen molar-refractivity contribution in [3.05, 3.63) is 47.7 Å². The van der Waals surface area contributed by atoms with E-state index < -0.39 is 0 Å². The second-order valence-corrected chi connectivity index (χ2v) is 6.78. The zero-order valence-corrected chi connectivity index (χ0v) is 14.3. The van der Waals surface area contributed by atoms with Crippen molar-refractivity contribution < 1.29 is 13.7 Å². The summed E-state index contributed by atoms with van der Waals surface area (Å²) >= 11 is 0. The van der Waals surface area contributed by atoms with Crippen LogP contribution in [0.5, 0.6) is 0 Å². The molecular formula is C17H16FN7O2. The van der Waals surface area contributed by atoms with Crippen LogP contribution in [0.2, 0.25) is 0 Å². The molecule has 1 aromatic heterocycles. The number of fused-ring (bicyclic) bond motifs is 6. The molecule has 0 radical (unpaired) electrons. The van der Waals surface area contributed by atoms with Crippen LogP contribution < -0.4 is 9.91 Å². The van der Waals surface area contributed by atoms with Crippen LogP contribution in [0, 0.1) is 0 Å². The molecule has 1 aromatic carbocycles. The Kier molecular flexibility index (Phi) is 3.01. The quantitative estimate of drug-likeness (QED) is 0.748. The van der Waals surface area contributed by atoms with E-state index in [0.29, 0.717) is 29.4 Å². The standard InChI is InChI=1S/C17H16FN7O2/c18-22-8-14-23(10-22)12-5-2-1-4-11(12)15-19-9-24(25(14)15)17-20-16(27-21-17)13-6-3-7-26-13/h1-2,4-5,8-9,13,15H,3,6-7,10H2. The smallest absolute Gasteiger partial charge is 0.290 e. The predicted octanol–water partition coefficient (Wildman–Crippen LogP) is 2.46. The van der Waals surface area contributed by atoms with Gasteiger partial charge in [0.25, 0.3) is 11.8 Å². The van der Waals surface area contributed by atoms with Crippen molar-refractivity contribution in [1.29, 1.82) is 0 Å². The van der Waals surface area contributed by atoms with Crippen molar-refractivity contribution in [2.75, 3.05) is 23.2 Å². The van der Waals surface area contributed by atoms with E-state index in [1.807, 2.05) is 34.2 Å². The van der Waals surface area contributed by atoms with Gasteiger partial charge in [0.15, 0.2) is 12.0 Å². The minimum Gasteiger partial charge on any atom is -0.368 e. The zero-order valence-electron chi connectivity index (χ0n) is 14.3. The molecule has 2 unspecified atom stereocenters. The summed E-state index contributed by atoms with van der Waals surface area (Å²) in [4.78, 5) is 11.0. The Hall–Kier alpha value is -3.14. The second-order valence-electron chi connectivity index (χ2n) is 6.78. The van der Waals surface area contributed by atoms with Gasteiger partial charge >= 0.3 is 0 Å². The Morgan fingerprint density at radius 3 is 3.04 bits per heavy atom. The number of nitrogens with zero attached hydrogens (tertiary/aromatic N) is 7. The van der Waals surface area contributed by atoms with Gasteiger partial charge in [0.05, 0.1) is 11.9 Å². The number of aromatic nitrogens is 2. The molecule has 1 fully saturated rings. The summed E-state index contributed by atoms with van der Waals surface area (Å²) < 4.78 is 25.1. The van der Waals surface area contributed by atoms with Crippen LogP contribution in [0.3, 0.4) is 0 Å². The molecule has 5 heterocycles. The van der Waals surface area contributed by atoms with Crippen LogP contribution in [0.4, 0.5) is 16.1 Å². The molecule has 10 heteroatoms. The molecule has 4 aliphatic rings. The van der Waals surface area contributed by atoms with E-state index in [1.165, 1.54) is 6.20 Å². The molecule has 0 saturated carbocycles. The van der Waals surface area contributed by atoms with Gasteiger partial charge in [0.2, 0.25) is 0 Å². The second kappa shape index (κ2) is 5.43. The molecule has 138 valence electrons. The fourth-order valence-corrected chi connectivity index (χ4v) is 3.96. The fraction of sp³-hybridized carbons (Fsp3) is 0.353. The Balaban J connectivity index is 1.40. The number of hydrogen-bond donors (Lipinski definition) is 0. The number of ether oxygens (including phenoxy) is 1. The van der Waals surface area contributed by atoms with Crippen LogP contribution in [-0.4, -0.2) is 39.9 Å². The summed E-state index contributed by atoms with van der Waals surface area (Å²) in [5.74, 6) is 1.48. The van der Waals surface area contributed by atoms with E-state index in [2.05, 4.69) is 15.1 Å². The lowest BCUT2D eigenvalue weighted by atomic mass is 10.1. The van der Waals surface area contributed by atoms with E-state index in [1.54, 1.807) is 11.3 Å². The van der Waals surface area contributed by atoms with Gasteiger partial charge in [-0.15, -0.1) is 0 Å². The lowest BCUT2D eigenvalue weighted by Crippen LogP contribution is -2.47. The van der Waals surface area contributed by atoms with E-state index in [-0.39, 0.29) is 18.9 Å². The van der Waals surface area contributed by atoms with Gasteiger partial charge in [-0.25, -0.2) is 15.0 Å². The monoisotopic (exact) mass is 369 g/mol. The number of para-hydroxylation sites is 1. The SMILES string of the molecule is FN1C=C2N(C1)c1ccccc1C1N=CN(c3noc(C4CCCO4)n3)N21. The molecule has 2 atom stereocenters. The van der Waals surface area contributed by atoms with Gasteiger partial charge in [-0.2, -0.15) is 10.1 Å². The number of aliphatic imine (C=N–C) groups is 1. The minimum atomic E-state index is -0.306. The van der Waals surface area contributed by atoms with Crippen LogP contribution >= 0.6 is 0 Å². The van der Waals surface area contributed by atoms with Crippen LogP contribution in [-0.2, 0) is 4.74 Å². The largest absolute Gasteiger partial charge is 0.368 e. The summed E-state index contributed by atoms with van der Waals surface area (Å²) in [5, 5.41) is 8.31. The molecule has 6 rings (SSSR count). The predicted molar refractivity (Wildman–Crippen MR) is 92.6 cm³/mol. The van der Waals surface area contributed by atoms with Crippen molar-refractivity contribution >= 4 is 18.0 Å². The molecule has 0 bridgehead atoms. The molecule has 27 heavy (non-hydrogen) atoms. The van der Waals surface area contributed by atoms with E-state index in [9.17, 15) is 4.48 Å². The van der Waals surface area contributed by atoms with Gasteiger partial charge in [-0.05, 0) is 24.1 Å². The third-order valence-electron chi connectivity index (χ3n) is 5.17. The summed E-state index contributed by atoms with van der Waals surface area (Å²) in [5.41, 5.74) is 1.93. The van der Waals surface area contributed by atoms with Crippen molar-refractivity contribution in [2.24, 2.45) is 4.99 Å². The van der Waals surface area contributed by atoms with E-state index in [0.717, 1.165) is 24.1 Å². The number of rotatable bonds is 2. The van der Waals surface area contributed by atoms with E-state index in [4.69, 9.17) is 9.26 Å². The third kappa shape index (κ3) is 2.10. The molecule has 2 aromatic rings. The Labute approximate surface area is 153 Å². The highest BCUT2D eigenvalue weighted by atomic mass is 19.2. The van der Waals surface area contributed by atoms with Gasteiger partial charge in [0.1, 0.15) is 19.1 Å². The Morgan fingerprint density at radius 2 is 2.15 bits per heavy atom. The summed E-state index contributed by atoms with van der Waals surface area (Å²) in [6.45, 7) is 0.823. The molecule has 0 aliphatic carbocycles. The number of hydrazine groups is 1. The Bertz CT molecular complexity index is 954. The first-order chi connectivity index (χ1) is 13.3. The lowest BCUT2D eigenvalue weighted by Gasteiger charge is -2.41. The maximum absolute atomic E-state index is 14.1. The van der Waals surface area contributed by atoms with Crippen molar-refractivity contribution in [1.82, 2.24) is 20.3 Å². The third-order valence-corrected chi connectivity index (χ3v) is 5.17. The average Bonchev–Trinajstić information content (AvgIpc) is 3.44. The molecular weight excluding hydrogens is 353 g/mol. The highest BCUT2D eigenvalue weighted by molar-refractivity contribution is 5.80. The summed E-state index contributed by atoms with van der Waals surface area (Å²) in [6, 6.07) is 7.87. The molecule has 4 aliphatic heterocycles. The number of hydrogen-bond acceptors (Lipinski definition) is 9. The van der Waals surface area contributed by atoms with Gasteiger partial charge in [-0.1, -0.05) is 22.7 Å². The van der Waals surface area contributed by atoms with Crippen LogP contribution in [0.25, 0.3) is 0 Å². The molecule has 1 saturated heterocycles. The number of anilines is 2. The van der Waals surface area contributed by atoms with Crippen molar-refractivity contribution in [2.45, 2.75) is 25.1 Å². The van der Waals surface area contributed by atoms with Crippen LogP contribution in [0.1, 0.15) is 36.6 Å². The fourth-order valence-electron chi connectivity index (χ4n) is 3.96. The van der Waals surface area contributed by atoms with E-state index >= 15 is 0 Å². The van der Waals surface area contributed by atoms with Gasteiger partial charge in [-0.3, -0.25) is 0 Å². The highest BCUT2D eigenvalue weighted by Gasteiger charge is 2.45. The van der Waals surface area contributed by atoms with Gasteiger partial charge < -0.3 is 14.2 Å². The Morgan fingerprint density at radius 1 is 1.22 bits per heavy atom.